The van der Waals surface area contributed by atoms with Gasteiger partial charge >= 0.3 is 0 Å². The minimum Gasteiger partial charge on any atom is -0.468 e. The Labute approximate surface area is 90.8 Å². The average Bonchev–Trinajstić information content (AvgIpc) is 2.84. The van der Waals surface area contributed by atoms with Crippen LogP contribution in [-0.4, -0.2) is 18.8 Å². The van der Waals surface area contributed by atoms with Crippen molar-refractivity contribution in [2.75, 3.05) is 6.54 Å². The summed E-state index contributed by atoms with van der Waals surface area (Å²) in [5.41, 5.74) is 0. The zero-order chi connectivity index (χ0) is 10.7. The summed E-state index contributed by atoms with van der Waals surface area (Å²) in [6, 6.07) is 4.18. The molecule has 1 aliphatic heterocycles. The summed E-state index contributed by atoms with van der Waals surface area (Å²) in [6.45, 7) is 5.15. The molecule has 1 saturated heterocycles. The average molecular weight is 209 g/mol. The maximum absolute atomic E-state index is 5.74. The summed E-state index contributed by atoms with van der Waals surface area (Å²) in [4.78, 5) is 0. The van der Waals surface area contributed by atoms with Gasteiger partial charge in [-0.1, -0.05) is 0 Å². The Morgan fingerprint density at radius 2 is 2.40 bits per heavy atom. The molecule has 1 aliphatic rings. The Hall–Kier alpha value is -0.800. The third-order valence-electron chi connectivity index (χ3n) is 2.94. The van der Waals surface area contributed by atoms with Crippen LogP contribution in [0.3, 0.4) is 0 Å². The Morgan fingerprint density at radius 3 is 3.00 bits per heavy atom. The van der Waals surface area contributed by atoms with E-state index in [0.717, 1.165) is 12.3 Å². The molecule has 0 aliphatic carbocycles. The maximum atomic E-state index is 5.74. The number of hydrogen-bond donors (Lipinski definition) is 1. The largest absolute Gasteiger partial charge is 0.468 e. The van der Waals surface area contributed by atoms with Gasteiger partial charge < -0.3 is 14.5 Å². The molecule has 0 saturated carbocycles. The Bertz CT molecular complexity index is 284. The summed E-state index contributed by atoms with van der Waals surface area (Å²) in [7, 11) is 0. The highest BCUT2D eigenvalue weighted by Crippen LogP contribution is 2.19. The fourth-order valence-electron chi connectivity index (χ4n) is 1.98. The molecule has 2 rings (SSSR count). The van der Waals surface area contributed by atoms with Crippen LogP contribution < -0.4 is 5.32 Å². The molecule has 1 fully saturated rings. The van der Waals surface area contributed by atoms with E-state index in [1.807, 2.05) is 12.1 Å². The van der Waals surface area contributed by atoms with Crippen LogP contribution in [0, 0.1) is 0 Å². The van der Waals surface area contributed by atoms with Crippen molar-refractivity contribution in [3.8, 4) is 0 Å². The summed E-state index contributed by atoms with van der Waals surface area (Å²) < 4.78 is 11.1. The van der Waals surface area contributed by atoms with E-state index in [2.05, 4.69) is 19.2 Å². The van der Waals surface area contributed by atoms with Crippen molar-refractivity contribution in [2.45, 2.75) is 44.9 Å². The van der Waals surface area contributed by atoms with Gasteiger partial charge in [0.05, 0.1) is 24.5 Å². The normalized spacial score (nSPS) is 28.1. The molecule has 0 amide bonds. The number of nitrogens with one attached hydrogen (secondary N) is 1. The molecule has 1 aromatic heterocycles. The van der Waals surface area contributed by atoms with Crippen LogP contribution >= 0.6 is 0 Å². The highest BCUT2D eigenvalue weighted by Gasteiger charge is 2.22. The van der Waals surface area contributed by atoms with Crippen molar-refractivity contribution in [3.05, 3.63) is 24.2 Å². The predicted molar refractivity (Wildman–Crippen MR) is 58.7 cm³/mol. The smallest absolute Gasteiger partial charge is 0.120 e. The first-order valence-electron chi connectivity index (χ1n) is 5.68. The van der Waals surface area contributed by atoms with Gasteiger partial charge in [-0.25, -0.2) is 0 Å². The van der Waals surface area contributed by atoms with E-state index in [1.165, 1.54) is 12.8 Å². The summed E-state index contributed by atoms with van der Waals surface area (Å²) in [6.07, 6.45) is 4.86. The van der Waals surface area contributed by atoms with Gasteiger partial charge in [0.25, 0.3) is 0 Å². The first kappa shape index (κ1) is 10.7. The minimum atomic E-state index is 0.263. The molecule has 0 radical (unpaired) electrons. The first-order chi connectivity index (χ1) is 7.25. The number of hydrogen-bond acceptors (Lipinski definition) is 3. The molecule has 2 heterocycles. The molecule has 3 nitrogen and oxygen atoms in total. The quantitative estimate of drug-likeness (QED) is 0.827. The van der Waals surface area contributed by atoms with Gasteiger partial charge in [0.1, 0.15) is 5.76 Å². The van der Waals surface area contributed by atoms with Crippen molar-refractivity contribution >= 4 is 0 Å². The zero-order valence-corrected chi connectivity index (χ0v) is 9.40. The number of ether oxygens (including phenoxy) is 1. The van der Waals surface area contributed by atoms with Crippen molar-refractivity contribution in [1.29, 1.82) is 0 Å². The maximum Gasteiger partial charge on any atom is 0.120 e. The molecule has 3 heteroatoms. The van der Waals surface area contributed by atoms with Crippen LogP contribution in [0.1, 0.15) is 38.5 Å². The molecular weight excluding hydrogens is 190 g/mol. The van der Waals surface area contributed by atoms with Crippen molar-refractivity contribution in [1.82, 2.24) is 5.32 Å². The lowest BCUT2D eigenvalue weighted by atomic mass is 10.2. The third-order valence-corrected chi connectivity index (χ3v) is 2.94. The zero-order valence-electron chi connectivity index (χ0n) is 9.40. The second kappa shape index (κ2) is 4.81. The van der Waals surface area contributed by atoms with E-state index in [9.17, 15) is 0 Å². The van der Waals surface area contributed by atoms with Crippen LogP contribution in [0.25, 0.3) is 0 Å². The minimum absolute atomic E-state index is 0.263. The fourth-order valence-corrected chi connectivity index (χ4v) is 1.98. The SMILES string of the molecule is CC1CCC(CN[C@H](C)c2ccco2)O1. The van der Waals surface area contributed by atoms with Crippen LogP contribution in [0.15, 0.2) is 22.8 Å². The number of furan rings is 1. The van der Waals surface area contributed by atoms with E-state index in [4.69, 9.17) is 9.15 Å². The van der Waals surface area contributed by atoms with E-state index in [0.29, 0.717) is 12.2 Å². The standard InChI is InChI=1S/C12H19NO2/c1-9-5-6-11(15-9)8-13-10(2)12-4-3-7-14-12/h3-4,7,9-11,13H,5-6,8H2,1-2H3/t9?,10-,11?/m1/s1. The third kappa shape index (κ3) is 2.83. The molecule has 0 spiro atoms. The lowest BCUT2D eigenvalue weighted by molar-refractivity contribution is 0.0542. The van der Waals surface area contributed by atoms with E-state index < -0.39 is 0 Å². The Kier molecular flexibility index (Phi) is 3.44. The highest BCUT2D eigenvalue weighted by atomic mass is 16.5. The van der Waals surface area contributed by atoms with Gasteiger partial charge in [-0.05, 0) is 38.8 Å². The molecular formula is C12H19NO2. The topological polar surface area (TPSA) is 34.4 Å². The molecule has 84 valence electrons. The van der Waals surface area contributed by atoms with Gasteiger partial charge in [-0.2, -0.15) is 0 Å². The lowest BCUT2D eigenvalue weighted by Crippen LogP contribution is -2.28. The molecule has 3 atom stereocenters. The first-order valence-corrected chi connectivity index (χ1v) is 5.68. The molecule has 0 bridgehead atoms. The van der Waals surface area contributed by atoms with E-state index in [-0.39, 0.29) is 6.04 Å². The Balaban J connectivity index is 1.74. The van der Waals surface area contributed by atoms with Crippen molar-refractivity contribution < 1.29 is 9.15 Å². The second-order valence-corrected chi connectivity index (χ2v) is 4.29. The second-order valence-electron chi connectivity index (χ2n) is 4.29. The molecule has 0 aromatic carbocycles. The summed E-state index contributed by atoms with van der Waals surface area (Å²) >= 11 is 0. The molecule has 2 unspecified atom stereocenters. The van der Waals surface area contributed by atoms with Crippen LogP contribution in [0.2, 0.25) is 0 Å². The molecule has 1 N–H and O–H groups in total. The van der Waals surface area contributed by atoms with Gasteiger partial charge in [0, 0.05) is 6.54 Å². The van der Waals surface area contributed by atoms with Gasteiger partial charge in [-0.15, -0.1) is 0 Å². The van der Waals surface area contributed by atoms with E-state index >= 15 is 0 Å². The summed E-state index contributed by atoms with van der Waals surface area (Å²) in [5, 5.41) is 3.43. The number of rotatable bonds is 4. The fraction of sp³-hybridized carbons (Fsp3) is 0.667. The Morgan fingerprint density at radius 1 is 1.53 bits per heavy atom. The van der Waals surface area contributed by atoms with Gasteiger partial charge in [-0.3, -0.25) is 0 Å². The van der Waals surface area contributed by atoms with Crippen LogP contribution in [0.5, 0.6) is 0 Å². The van der Waals surface area contributed by atoms with Gasteiger partial charge in [0.15, 0.2) is 0 Å². The monoisotopic (exact) mass is 209 g/mol. The van der Waals surface area contributed by atoms with Crippen LogP contribution in [-0.2, 0) is 4.74 Å². The summed E-state index contributed by atoms with van der Waals surface area (Å²) in [5.74, 6) is 0.987. The lowest BCUT2D eigenvalue weighted by Gasteiger charge is -2.15. The molecule has 15 heavy (non-hydrogen) atoms. The predicted octanol–water partition coefficient (Wildman–Crippen LogP) is 2.50. The van der Waals surface area contributed by atoms with Crippen molar-refractivity contribution in [3.63, 3.8) is 0 Å². The van der Waals surface area contributed by atoms with Crippen LogP contribution in [0.4, 0.5) is 0 Å². The highest BCUT2D eigenvalue weighted by molar-refractivity contribution is 5.02. The van der Waals surface area contributed by atoms with Crippen molar-refractivity contribution in [2.24, 2.45) is 0 Å². The van der Waals surface area contributed by atoms with E-state index in [1.54, 1.807) is 6.26 Å². The molecule has 1 aromatic rings. The van der Waals surface area contributed by atoms with Gasteiger partial charge in [0.2, 0.25) is 0 Å².